The maximum absolute atomic E-state index is 6.11. The summed E-state index contributed by atoms with van der Waals surface area (Å²) in [6.07, 6.45) is 6.18. The average molecular weight is 352 g/mol. The molecule has 3 nitrogen and oxygen atoms in total. The van der Waals surface area contributed by atoms with Gasteiger partial charge in [-0.2, -0.15) is 0 Å². The molecule has 2 heterocycles. The lowest BCUT2D eigenvalue weighted by Gasteiger charge is -2.33. The molecule has 4 rings (SSSR count). The lowest BCUT2D eigenvalue weighted by molar-refractivity contribution is 0.208. The van der Waals surface area contributed by atoms with E-state index in [2.05, 4.69) is 51.6 Å². The minimum absolute atomic E-state index is 0.479. The normalized spacial score (nSPS) is 18.4. The van der Waals surface area contributed by atoms with Gasteiger partial charge in [-0.3, -0.25) is 9.88 Å². The Balaban J connectivity index is 1.42. The second-order valence-corrected chi connectivity index (χ2v) is 7.22. The number of likely N-dealkylation sites (tertiary alicyclic amines) is 1. The molecular formula is C21H22ClN3. The van der Waals surface area contributed by atoms with Crippen LogP contribution >= 0.6 is 11.6 Å². The lowest BCUT2D eigenvalue weighted by Crippen LogP contribution is -2.41. The number of fused-ring (bicyclic) bond motifs is 1. The molecule has 0 spiro atoms. The molecular weight excluding hydrogens is 330 g/mol. The van der Waals surface area contributed by atoms with Crippen molar-refractivity contribution in [3.63, 3.8) is 0 Å². The first-order valence-corrected chi connectivity index (χ1v) is 9.21. The van der Waals surface area contributed by atoms with Crippen molar-refractivity contribution in [2.24, 2.45) is 0 Å². The highest BCUT2D eigenvalue weighted by atomic mass is 35.5. The Hall–Kier alpha value is -2.10. The molecule has 2 aromatic carbocycles. The van der Waals surface area contributed by atoms with Gasteiger partial charge in [0.05, 0.1) is 0 Å². The van der Waals surface area contributed by atoms with Crippen molar-refractivity contribution in [2.75, 3.05) is 18.4 Å². The van der Waals surface area contributed by atoms with Gasteiger partial charge in [-0.1, -0.05) is 29.8 Å². The molecule has 0 saturated carbocycles. The Bertz CT molecular complexity index is 864. The second kappa shape index (κ2) is 7.42. The molecule has 4 heteroatoms. The number of hydrogen-bond acceptors (Lipinski definition) is 3. The molecule has 0 bridgehead atoms. The number of piperidine rings is 1. The van der Waals surface area contributed by atoms with Crippen LogP contribution in [0, 0.1) is 0 Å². The van der Waals surface area contributed by atoms with Gasteiger partial charge in [-0.15, -0.1) is 0 Å². The van der Waals surface area contributed by atoms with Gasteiger partial charge in [-0.05, 0) is 60.7 Å². The number of rotatable bonds is 4. The minimum Gasteiger partial charge on any atom is -0.381 e. The predicted molar refractivity (Wildman–Crippen MR) is 105 cm³/mol. The third kappa shape index (κ3) is 4.12. The summed E-state index contributed by atoms with van der Waals surface area (Å²) < 4.78 is 0. The van der Waals surface area contributed by atoms with Crippen LogP contribution in [0.5, 0.6) is 0 Å². The van der Waals surface area contributed by atoms with E-state index in [0.717, 1.165) is 24.7 Å². The maximum atomic E-state index is 6.11. The first-order valence-electron chi connectivity index (χ1n) is 8.83. The summed E-state index contributed by atoms with van der Waals surface area (Å²) in [6.45, 7) is 3.16. The molecule has 1 saturated heterocycles. The molecule has 1 atom stereocenters. The molecule has 1 unspecified atom stereocenters. The van der Waals surface area contributed by atoms with Gasteiger partial charge in [0.15, 0.2) is 0 Å². The number of aromatic nitrogens is 1. The molecule has 25 heavy (non-hydrogen) atoms. The zero-order valence-corrected chi connectivity index (χ0v) is 14.9. The van der Waals surface area contributed by atoms with Crippen molar-refractivity contribution >= 4 is 28.1 Å². The van der Waals surface area contributed by atoms with Crippen LogP contribution < -0.4 is 5.32 Å². The van der Waals surface area contributed by atoms with E-state index in [9.17, 15) is 0 Å². The van der Waals surface area contributed by atoms with Crippen molar-refractivity contribution in [1.82, 2.24) is 9.88 Å². The first kappa shape index (κ1) is 16.4. The summed E-state index contributed by atoms with van der Waals surface area (Å²) >= 11 is 6.11. The molecule has 1 aliphatic rings. The van der Waals surface area contributed by atoms with Crippen molar-refractivity contribution in [2.45, 2.75) is 25.4 Å². The molecule has 1 aromatic heterocycles. The highest BCUT2D eigenvalue weighted by Gasteiger charge is 2.20. The summed E-state index contributed by atoms with van der Waals surface area (Å²) in [5.74, 6) is 0. The topological polar surface area (TPSA) is 28.2 Å². The summed E-state index contributed by atoms with van der Waals surface area (Å²) in [6, 6.07) is 17.2. The lowest BCUT2D eigenvalue weighted by atomic mass is 10.0. The van der Waals surface area contributed by atoms with E-state index in [0.29, 0.717) is 6.04 Å². The van der Waals surface area contributed by atoms with E-state index < -0.39 is 0 Å². The molecule has 0 amide bonds. The number of anilines is 1. The third-order valence-electron chi connectivity index (χ3n) is 4.81. The van der Waals surface area contributed by atoms with Crippen LogP contribution in [0.2, 0.25) is 5.02 Å². The van der Waals surface area contributed by atoms with Crippen molar-refractivity contribution in [3.8, 4) is 0 Å². The molecule has 1 aliphatic heterocycles. The number of benzene rings is 2. The number of halogens is 1. The van der Waals surface area contributed by atoms with Gasteiger partial charge in [0.1, 0.15) is 0 Å². The number of nitrogens with one attached hydrogen (secondary N) is 1. The monoisotopic (exact) mass is 351 g/mol. The summed E-state index contributed by atoms with van der Waals surface area (Å²) in [5, 5.41) is 6.93. The highest BCUT2D eigenvalue weighted by molar-refractivity contribution is 6.30. The molecule has 128 valence electrons. The quantitative estimate of drug-likeness (QED) is 0.719. The molecule has 3 aromatic rings. The summed E-state index contributed by atoms with van der Waals surface area (Å²) in [4.78, 5) is 6.69. The van der Waals surface area contributed by atoms with E-state index in [-0.39, 0.29) is 0 Å². The molecule has 1 fully saturated rings. The van der Waals surface area contributed by atoms with E-state index in [1.807, 2.05) is 24.5 Å². The van der Waals surface area contributed by atoms with Crippen molar-refractivity contribution < 1.29 is 0 Å². The zero-order valence-electron chi connectivity index (χ0n) is 14.2. The van der Waals surface area contributed by atoms with Crippen LogP contribution in [0.15, 0.2) is 60.9 Å². The maximum Gasteiger partial charge on any atom is 0.0409 e. The van der Waals surface area contributed by atoms with Gasteiger partial charge in [0, 0.05) is 47.6 Å². The number of nitrogens with zero attached hydrogens (tertiary/aromatic N) is 2. The van der Waals surface area contributed by atoms with Crippen LogP contribution in [-0.2, 0) is 6.54 Å². The van der Waals surface area contributed by atoms with E-state index in [1.165, 1.54) is 34.9 Å². The van der Waals surface area contributed by atoms with Gasteiger partial charge < -0.3 is 5.32 Å². The van der Waals surface area contributed by atoms with Crippen LogP contribution in [-0.4, -0.2) is 29.0 Å². The first-order chi connectivity index (χ1) is 12.3. The van der Waals surface area contributed by atoms with Crippen LogP contribution in [0.1, 0.15) is 18.4 Å². The van der Waals surface area contributed by atoms with Crippen LogP contribution in [0.3, 0.4) is 0 Å². The molecule has 0 aliphatic carbocycles. The summed E-state index contributed by atoms with van der Waals surface area (Å²) in [5.41, 5.74) is 2.47. The zero-order chi connectivity index (χ0) is 17.1. The fraction of sp³-hybridized carbons (Fsp3) is 0.286. The van der Waals surface area contributed by atoms with Gasteiger partial charge >= 0.3 is 0 Å². The number of hydrogen-bond donors (Lipinski definition) is 1. The van der Waals surface area contributed by atoms with Gasteiger partial charge in [0.2, 0.25) is 0 Å². The Kier molecular flexibility index (Phi) is 4.86. The van der Waals surface area contributed by atoms with E-state index >= 15 is 0 Å². The fourth-order valence-corrected chi connectivity index (χ4v) is 3.83. The Morgan fingerprint density at radius 3 is 3.00 bits per heavy atom. The SMILES string of the molecule is Clc1cccc(CN2CCCC(Nc3ccc4cnccc4c3)C2)c1. The van der Waals surface area contributed by atoms with Gasteiger partial charge in [0.25, 0.3) is 0 Å². The Labute approximate surface area is 153 Å². The predicted octanol–water partition coefficient (Wildman–Crippen LogP) is 4.96. The largest absolute Gasteiger partial charge is 0.381 e. The third-order valence-corrected chi connectivity index (χ3v) is 5.05. The van der Waals surface area contributed by atoms with E-state index in [1.54, 1.807) is 0 Å². The smallest absolute Gasteiger partial charge is 0.0409 e. The second-order valence-electron chi connectivity index (χ2n) is 6.79. The Morgan fingerprint density at radius 2 is 2.08 bits per heavy atom. The van der Waals surface area contributed by atoms with Crippen LogP contribution in [0.25, 0.3) is 10.8 Å². The average Bonchev–Trinajstić information content (AvgIpc) is 2.62. The van der Waals surface area contributed by atoms with E-state index in [4.69, 9.17) is 11.6 Å². The Morgan fingerprint density at radius 1 is 1.12 bits per heavy atom. The highest BCUT2D eigenvalue weighted by Crippen LogP contribution is 2.22. The fourth-order valence-electron chi connectivity index (χ4n) is 3.62. The minimum atomic E-state index is 0.479. The summed E-state index contributed by atoms with van der Waals surface area (Å²) in [7, 11) is 0. The van der Waals surface area contributed by atoms with Crippen molar-refractivity contribution in [1.29, 1.82) is 0 Å². The molecule has 0 radical (unpaired) electrons. The molecule has 1 N–H and O–H groups in total. The van der Waals surface area contributed by atoms with Gasteiger partial charge in [-0.25, -0.2) is 0 Å². The van der Waals surface area contributed by atoms with Crippen molar-refractivity contribution in [3.05, 3.63) is 71.5 Å². The van der Waals surface area contributed by atoms with Crippen LogP contribution in [0.4, 0.5) is 5.69 Å². The standard InChI is InChI=1S/C21H22ClN3/c22-19-4-1-3-16(11-19)14-25-10-2-5-21(15-25)24-20-7-6-18-13-23-9-8-17(18)12-20/h1,3-4,6-9,11-13,21,24H,2,5,10,14-15H2. The number of pyridine rings is 1.